The Labute approximate surface area is 132 Å². The van der Waals surface area contributed by atoms with Crippen molar-refractivity contribution >= 4 is 12.6 Å². The quantitative estimate of drug-likeness (QED) is 0.836. The van der Waals surface area contributed by atoms with Gasteiger partial charge in [-0.05, 0) is 46.5 Å². The van der Waals surface area contributed by atoms with Crippen molar-refractivity contribution in [3.63, 3.8) is 0 Å². The maximum atomic E-state index is 9.56. The highest BCUT2D eigenvalue weighted by Gasteiger charge is 2.45. The molecule has 0 aromatic heterocycles. The van der Waals surface area contributed by atoms with Crippen LogP contribution in [0.3, 0.4) is 0 Å². The van der Waals surface area contributed by atoms with Crippen LogP contribution in [0.1, 0.15) is 43.7 Å². The van der Waals surface area contributed by atoms with Crippen molar-refractivity contribution in [1.82, 2.24) is 0 Å². The van der Waals surface area contributed by atoms with Crippen molar-refractivity contribution in [2.24, 2.45) is 5.92 Å². The number of rotatable bonds is 2. The average Bonchev–Trinajstić information content (AvgIpc) is 3.15. The van der Waals surface area contributed by atoms with Crippen LogP contribution in [0.15, 0.2) is 42.5 Å². The Morgan fingerprint density at radius 3 is 2.36 bits per heavy atom. The molecule has 2 N–H and O–H groups in total. The molecule has 1 saturated carbocycles. The van der Waals surface area contributed by atoms with Crippen LogP contribution in [-0.4, -0.2) is 17.2 Å². The normalized spacial score (nSPS) is 23.4. The molecule has 22 heavy (non-hydrogen) atoms. The highest BCUT2D eigenvalue weighted by molar-refractivity contribution is 6.58. The highest BCUT2D eigenvalue weighted by Crippen LogP contribution is 2.55. The molecule has 2 aromatic rings. The first-order chi connectivity index (χ1) is 10.6. The van der Waals surface area contributed by atoms with Crippen molar-refractivity contribution in [2.75, 3.05) is 0 Å². The first kappa shape index (κ1) is 14.0. The fourth-order valence-electron chi connectivity index (χ4n) is 4.65. The summed E-state index contributed by atoms with van der Waals surface area (Å²) < 4.78 is 0. The minimum atomic E-state index is -1.40. The number of hydrogen-bond acceptors (Lipinski definition) is 2. The molecule has 0 saturated heterocycles. The number of hydrogen-bond donors (Lipinski definition) is 2. The van der Waals surface area contributed by atoms with E-state index >= 15 is 0 Å². The Bertz CT molecular complexity index is 719. The van der Waals surface area contributed by atoms with Gasteiger partial charge in [0, 0.05) is 5.41 Å². The SMILES string of the molecule is CC1(C2CCCC2)c2ccccc2-c2ccc(B(O)O)cc21. The second-order valence-electron chi connectivity index (χ2n) is 6.91. The Hall–Kier alpha value is -1.58. The van der Waals surface area contributed by atoms with Crippen LogP contribution in [-0.2, 0) is 5.41 Å². The summed E-state index contributed by atoms with van der Waals surface area (Å²) in [4.78, 5) is 0. The lowest BCUT2D eigenvalue weighted by Gasteiger charge is -2.34. The number of benzene rings is 2. The van der Waals surface area contributed by atoms with Crippen molar-refractivity contribution < 1.29 is 10.0 Å². The Balaban J connectivity index is 1.96. The summed E-state index contributed by atoms with van der Waals surface area (Å²) in [6.07, 6.45) is 5.13. The topological polar surface area (TPSA) is 40.5 Å². The molecule has 0 bridgehead atoms. The molecule has 2 aliphatic rings. The van der Waals surface area contributed by atoms with Crippen molar-refractivity contribution in [1.29, 1.82) is 0 Å². The van der Waals surface area contributed by atoms with Gasteiger partial charge in [0.15, 0.2) is 0 Å². The lowest BCUT2D eigenvalue weighted by Crippen LogP contribution is -2.34. The summed E-state index contributed by atoms with van der Waals surface area (Å²) in [7, 11) is -1.40. The third kappa shape index (κ3) is 1.82. The predicted octanol–water partition coefficient (Wildman–Crippen LogP) is 2.84. The van der Waals surface area contributed by atoms with E-state index in [1.807, 2.05) is 12.1 Å². The first-order valence-electron chi connectivity index (χ1n) is 8.23. The van der Waals surface area contributed by atoms with E-state index in [9.17, 15) is 10.0 Å². The van der Waals surface area contributed by atoms with Crippen molar-refractivity contribution in [3.8, 4) is 11.1 Å². The van der Waals surface area contributed by atoms with Crippen molar-refractivity contribution in [3.05, 3.63) is 53.6 Å². The molecule has 1 unspecified atom stereocenters. The lowest BCUT2D eigenvalue weighted by molar-refractivity contribution is 0.361. The highest BCUT2D eigenvalue weighted by atomic mass is 16.4. The molecule has 2 aliphatic carbocycles. The van der Waals surface area contributed by atoms with Gasteiger partial charge in [0.05, 0.1) is 0 Å². The molecule has 0 radical (unpaired) electrons. The molecule has 4 rings (SSSR count). The summed E-state index contributed by atoms with van der Waals surface area (Å²) in [6, 6.07) is 14.6. The van der Waals surface area contributed by atoms with Gasteiger partial charge in [-0.15, -0.1) is 0 Å². The second-order valence-corrected chi connectivity index (χ2v) is 6.91. The minimum absolute atomic E-state index is 0.00662. The molecular weight excluding hydrogens is 271 g/mol. The van der Waals surface area contributed by atoms with E-state index in [-0.39, 0.29) is 5.41 Å². The summed E-state index contributed by atoms with van der Waals surface area (Å²) in [5, 5.41) is 19.1. The van der Waals surface area contributed by atoms with Crippen LogP contribution in [0, 0.1) is 5.92 Å². The third-order valence-electron chi connectivity index (χ3n) is 5.85. The summed E-state index contributed by atoms with van der Waals surface area (Å²) in [5.41, 5.74) is 5.83. The average molecular weight is 292 g/mol. The Morgan fingerprint density at radius 1 is 0.955 bits per heavy atom. The Kier molecular flexibility index (Phi) is 3.17. The Morgan fingerprint density at radius 2 is 1.64 bits per heavy atom. The predicted molar refractivity (Wildman–Crippen MR) is 90.1 cm³/mol. The van der Waals surface area contributed by atoms with Crippen LogP contribution in [0.2, 0.25) is 0 Å². The molecule has 0 aliphatic heterocycles. The minimum Gasteiger partial charge on any atom is -0.423 e. The number of fused-ring (bicyclic) bond motifs is 3. The van der Waals surface area contributed by atoms with E-state index in [1.54, 1.807) is 0 Å². The molecule has 112 valence electrons. The fourth-order valence-corrected chi connectivity index (χ4v) is 4.65. The van der Waals surface area contributed by atoms with E-state index in [1.165, 1.54) is 47.9 Å². The maximum Gasteiger partial charge on any atom is 0.488 e. The van der Waals surface area contributed by atoms with Gasteiger partial charge in [0.25, 0.3) is 0 Å². The summed E-state index contributed by atoms with van der Waals surface area (Å²) >= 11 is 0. The van der Waals surface area contributed by atoms with Crippen LogP contribution < -0.4 is 5.46 Å². The summed E-state index contributed by atoms with van der Waals surface area (Å²) in [5.74, 6) is 0.640. The molecule has 0 spiro atoms. The standard InChI is InChI=1S/C19H21BO2/c1-19(13-6-2-3-7-13)17-9-5-4-8-15(17)16-11-10-14(20(21)22)12-18(16)19/h4-5,8-13,21-22H,2-3,6-7H2,1H3. The van der Waals surface area contributed by atoms with Crippen LogP contribution in [0.25, 0.3) is 11.1 Å². The van der Waals surface area contributed by atoms with Gasteiger partial charge in [-0.2, -0.15) is 0 Å². The van der Waals surface area contributed by atoms with E-state index in [0.29, 0.717) is 11.4 Å². The zero-order valence-electron chi connectivity index (χ0n) is 12.9. The molecule has 2 aromatic carbocycles. The maximum absolute atomic E-state index is 9.56. The molecule has 1 fully saturated rings. The van der Waals surface area contributed by atoms with E-state index in [4.69, 9.17) is 0 Å². The smallest absolute Gasteiger partial charge is 0.423 e. The van der Waals surface area contributed by atoms with Crippen molar-refractivity contribution in [2.45, 2.75) is 38.0 Å². The van der Waals surface area contributed by atoms with Crippen LogP contribution in [0.5, 0.6) is 0 Å². The van der Waals surface area contributed by atoms with Gasteiger partial charge in [-0.1, -0.05) is 62.2 Å². The van der Waals surface area contributed by atoms with E-state index in [0.717, 1.165) is 0 Å². The first-order valence-corrected chi connectivity index (χ1v) is 8.23. The molecule has 3 heteroatoms. The molecule has 2 nitrogen and oxygen atoms in total. The monoisotopic (exact) mass is 292 g/mol. The molecule has 1 atom stereocenters. The molecule has 0 amide bonds. The van der Waals surface area contributed by atoms with Gasteiger partial charge in [-0.3, -0.25) is 0 Å². The van der Waals surface area contributed by atoms with Gasteiger partial charge in [-0.25, -0.2) is 0 Å². The molecule has 0 heterocycles. The summed E-state index contributed by atoms with van der Waals surface area (Å²) in [6.45, 7) is 2.35. The van der Waals surface area contributed by atoms with Crippen LogP contribution >= 0.6 is 0 Å². The zero-order chi connectivity index (χ0) is 15.3. The largest absolute Gasteiger partial charge is 0.488 e. The third-order valence-corrected chi connectivity index (χ3v) is 5.85. The van der Waals surface area contributed by atoms with Gasteiger partial charge in [0.1, 0.15) is 0 Å². The fraction of sp³-hybridized carbons (Fsp3) is 0.368. The zero-order valence-corrected chi connectivity index (χ0v) is 12.9. The van der Waals surface area contributed by atoms with E-state index < -0.39 is 7.12 Å². The van der Waals surface area contributed by atoms with Crippen LogP contribution in [0.4, 0.5) is 0 Å². The second kappa shape index (κ2) is 4.97. The van der Waals surface area contributed by atoms with E-state index in [2.05, 4.69) is 37.3 Å². The molecular formula is C19H21BO2. The van der Waals surface area contributed by atoms with Gasteiger partial charge in [0.2, 0.25) is 0 Å². The lowest BCUT2D eigenvalue weighted by atomic mass is 9.67. The van der Waals surface area contributed by atoms with Gasteiger partial charge < -0.3 is 10.0 Å². The van der Waals surface area contributed by atoms with Gasteiger partial charge >= 0.3 is 7.12 Å².